The molecule has 138 valence electrons. The molecular weight excluding hydrogens is 348 g/mol. The Kier molecular flexibility index (Phi) is 6.43. The summed E-state index contributed by atoms with van der Waals surface area (Å²) in [7, 11) is 0. The number of hydrogen-bond acceptors (Lipinski definition) is 2. The molecule has 0 radical (unpaired) electrons. The number of aryl methyl sites for hydroxylation is 1. The second kappa shape index (κ2) is 8.37. The number of hydrogen-bond donors (Lipinski definition) is 2. The number of benzene rings is 2. The summed E-state index contributed by atoms with van der Waals surface area (Å²) >= 11 is 5.94. The highest BCUT2D eigenvalue weighted by molar-refractivity contribution is 6.31. The maximum absolute atomic E-state index is 12.2. The molecule has 0 aliphatic heterocycles. The normalized spacial score (nSPS) is 11.1. The topological polar surface area (TPSA) is 58.2 Å². The van der Waals surface area contributed by atoms with Crippen LogP contribution in [0.15, 0.2) is 42.5 Å². The Balaban J connectivity index is 1.84. The molecule has 0 spiro atoms. The molecule has 0 atom stereocenters. The predicted octanol–water partition coefficient (Wildman–Crippen LogP) is 4.70. The molecule has 0 aliphatic rings. The Bertz CT molecular complexity index is 793. The predicted molar refractivity (Wildman–Crippen MR) is 107 cm³/mol. The van der Waals surface area contributed by atoms with Crippen LogP contribution in [0.5, 0.6) is 0 Å². The number of carbonyl (C=O) groups is 2. The van der Waals surface area contributed by atoms with Gasteiger partial charge in [-0.1, -0.05) is 50.6 Å². The van der Waals surface area contributed by atoms with Gasteiger partial charge in [-0.3, -0.25) is 9.59 Å². The second-order valence-electron chi connectivity index (χ2n) is 7.34. The molecule has 0 heterocycles. The lowest BCUT2D eigenvalue weighted by Crippen LogP contribution is -2.27. The lowest BCUT2D eigenvalue weighted by Gasteiger charge is -2.19. The third-order valence-electron chi connectivity index (χ3n) is 4.12. The van der Waals surface area contributed by atoms with E-state index in [2.05, 4.69) is 31.4 Å². The van der Waals surface area contributed by atoms with Gasteiger partial charge in [-0.2, -0.15) is 0 Å². The van der Waals surface area contributed by atoms with E-state index >= 15 is 0 Å². The van der Waals surface area contributed by atoms with Crippen molar-refractivity contribution in [2.75, 3.05) is 11.9 Å². The van der Waals surface area contributed by atoms with E-state index in [9.17, 15) is 9.59 Å². The molecule has 5 heteroatoms. The number of anilines is 1. The zero-order valence-electron chi connectivity index (χ0n) is 15.7. The van der Waals surface area contributed by atoms with Crippen molar-refractivity contribution < 1.29 is 9.59 Å². The lowest BCUT2D eigenvalue weighted by atomic mass is 9.87. The van der Waals surface area contributed by atoms with E-state index in [1.807, 2.05) is 37.3 Å². The summed E-state index contributed by atoms with van der Waals surface area (Å²) in [6, 6.07) is 12.9. The van der Waals surface area contributed by atoms with Crippen LogP contribution < -0.4 is 10.6 Å². The summed E-state index contributed by atoms with van der Waals surface area (Å²) in [4.78, 5) is 24.2. The minimum absolute atomic E-state index is 0.0472. The molecule has 2 amide bonds. The van der Waals surface area contributed by atoms with Gasteiger partial charge in [-0.15, -0.1) is 0 Å². The molecule has 0 unspecified atom stereocenters. The molecule has 2 rings (SSSR count). The lowest BCUT2D eigenvalue weighted by molar-refractivity contribution is -0.116. The summed E-state index contributed by atoms with van der Waals surface area (Å²) in [5.41, 5.74) is 3.43. The van der Waals surface area contributed by atoms with Gasteiger partial charge in [0, 0.05) is 29.2 Å². The zero-order chi connectivity index (χ0) is 19.3. The molecule has 0 aliphatic carbocycles. The summed E-state index contributed by atoms with van der Waals surface area (Å²) in [5.74, 6) is -0.351. The van der Waals surface area contributed by atoms with Crippen LogP contribution in [-0.2, 0) is 10.2 Å². The monoisotopic (exact) mass is 372 g/mol. The van der Waals surface area contributed by atoms with Crippen molar-refractivity contribution in [2.24, 2.45) is 0 Å². The van der Waals surface area contributed by atoms with E-state index in [4.69, 9.17) is 11.6 Å². The van der Waals surface area contributed by atoms with E-state index in [1.54, 1.807) is 12.1 Å². The fraction of sp³-hybridized carbons (Fsp3) is 0.333. The standard InChI is InChI=1S/C21H25ClN2O2/c1-14-5-10-17(22)13-18(14)24-19(25)11-12-23-20(26)15-6-8-16(9-7-15)21(2,3)4/h5-10,13H,11-12H2,1-4H3,(H,23,26)(H,24,25). The Hall–Kier alpha value is -2.33. The smallest absolute Gasteiger partial charge is 0.251 e. The van der Waals surface area contributed by atoms with Crippen LogP contribution in [0.3, 0.4) is 0 Å². The average molecular weight is 373 g/mol. The van der Waals surface area contributed by atoms with Crippen molar-refractivity contribution in [2.45, 2.75) is 39.5 Å². The minimum Gasteiger partial charge on any atom is -0.352 e. The van der Waals surface area contributed by atoms with Gasteiger partial charge in [0.1, 0.15) is 0 Å². The van der Waals surface area contributed by atoms with Crippen LogP contribution in [0.4, 0.5) is 5.69 Å². The van der Waals surface area contributed by atoms with Gasteiger partial charge in [0.05, 0.1) is 0 Å². The molecule has 0 saturated heterocycles. The van der Waals surface area contributed by atoms with Gasteiger partial charge in [0.2, 0.25) is 5.91 Å². The van der Waals surface area contributed by atoms with E-state index in [0.29, 0.717) is 16.3 Å². The van der Waals surface area contributed by atoms with Crippen LogP contribution in [0.1, 0.15) is 48.7 Å². The maximum atomic E-state index is 12.2. The molecule has 2 aromatic rings. The molecule has 0 aromatic heterocycles. The zero-order valence-corrected chi connectivity index (χ0v) is 16.4. The van der Waals surface area contributed by atoms with E-state index in [0.717, 1.165) is 5.56 Å². The number of halogens is 1. The number of rotatable bonds is 5. The van der Waals surface area contributed by atoms with Crippen molar-refractivity contribution in [1.82, 2.24) is 5.32 Å². The third-order valence-corrected chi connectivity index (χ3v) is 4.36. The van der Waals surface area contributed by atoms with Gasteiger partial charge in [-0.05, 0) is 47.7 Å². The first-order valence-corrected chi connectivity index (χ1v) is 8.99. The minimum atomic E-state index is -0.183. The van der Waals surface area contributed by atoms with Crippen LogP contribution in [0.25, 0.3) is 0 Å². The molecule has 26 heavy (non-hydrogen) atoms. The van der Waals surface area contributed by atoms with Crippen LogP contribution in [0, 0.1) is 6.92 Å². The first kappa shape index (κ1) is 20.0. The van der Waals surface area contributed by atoms with Crippen molar-refractivity contribution in [3.8, 4) is 0 Å². The quantitative estimate of drug-likeness (QED) is 0.798. The van der Waals surface area contributed by atoms with Gasteiger partial charge >= 0.3 is 0 Å². The van der Waals surface area contributed by atoms with Gasteiger partial charge in [-0.25, -0.2) is 0 Å². The Labute approximate surface area is 159 Å². The molecule has 0 bridgehead atoms. The first-order chi connectivity index (χ1) is 12.2. The number of amides is 2. The second-order valence-corrected chi connectivity index (χ2v) is 7.78. The fourth-order valence-corrected chi connectivity index (χ4v) is 2.63. The Morgan fingerprint density at radius 1 is 1.04 bits per heavy atom. The highest BCUT2D eigenvalue weighted by atomic mass is 35.5. The highest BCUT2D eigenvalue weighted by Gasteiger charge is 2.14. The van der Waals surface area contributed by atoms with Gasteiger partial charge < -0.3 is 10.6 Å². The van der Waals surface area contributed by atoms with Gasteiger partial charge in [0.15, 0.2) is 0 Å². The molecular formula is C21H25ClN2O2. The molecule has 0 saturated carbocycles. The van der Waals surface area contributed by atoms with E-state index in [1.165, 1.54) is 5.56 Å². The van der Waals surface area contributed by atoms with Gasteiger partial charge in [0.25, 0.3) is 5.91 Å². The maximum Gasteiger partial charge on any atom is 0.251 e. The summed E-state index contributed by atoms with van der Waals surface area (Å²) in [6.45, 7) is 8.55. The van der Waals surface area contributed by atoms with E-state index < -0.39 is 0 Å². The van der Waals surface area contributed by atoms with Crippen LogP contribution in [0.2, 0.25) is 5.02 Å². The Morgan fingerprint density at radius 3 is 2.31 bits per heavy atom. The largest absolute Gasteiger partial charge is 0.352 e. The summed E-state index contributed by atoms with van der Waals surface area (Å²) in [5, 5.41) is 6.16. The van der Waals surface area contributed by atoms with Crippen molar-refractivity contribution in [3.63, 3.8) is 0 Å². The first-order valence-electron chi connectivity index (χ1n) is 8.61. The van der Waals surface area contributed by atoms with Crippen molar-refractivity contribution in [3.05, 3.63) is 64.2 Å². The molecule has 4 nitrogen and oxygen atoms in total. The molecule has 0 fully saturated rings. The van der Waals surface area contributed by atoms with E-state index in [-0.39, 0.29) is 30.2 Å². The summed E-state index contributed by atoms with van der Waals surface area (Å²) in [6.07, 6.45) is 0.192. The number of carbonyl (C=O) groups excluding carboxylic acids is 2. The third kappa shape index (κ3) is 5.60. The molecule has 2 N–H and O–H groups in total. The number of nitrogens with one attached hydrogen (secondary N) is 2. The van der Waals surface area contributed by atoms with Crippen LogP contribution in [-0.4, -0.2) is 18.4 Å². The Morgan fingerprint density at radius 2 is 1.69 bits per heavy atom. The SMILES string of the molecule is Cc1ccc(Cl)cc1NC(=O)CCNC(=O)c1ccc(C(C)(C)C)cc1. The van der Waals surface area contributed by atoms with Crippen LogP contribution >= 0.6 is 11.6 Å². The summed E-state index contributed by atoms with van der Waals surface area (Å²) < 4.78 is 0. The average Bonchev–Trinajstić information content (AvgIpc) is 2.57. The highest BCUT2D eigenvalue weighted by Crippen LogP contribution is 2.22. The van der Waals surface area contributed by atoms with Crippen molar-refractivity contribution in [1.29, 1.82) is 0 Å². The fourth-order valence-electron chi connectivity index (χ4n) is 2.45. The van der Waals surface area contributed by atoms with Crippen molar-refractivity contribution >= 4 is 29.1 Å². The molecule has 2 aromatic carbocycles.